The maximum Gasteiger partial charge on any atom is 0.268 e. The fourth-order valence-electron chi connectivity index (χ4n) is 4.65. The van der Waals surface area contributed by atoms with Crippen molar-refractivity contribution in [1.82, 2.24) is 39.9 Å². The second-order valence-electron chi connectivity index (χ2n) is 11.0. The van der Waals surface area contributed by atoms with Gasteiger partial charge in [0, 0.05) is 49.8 Å². The first-order chi connectivity index (χ1) is 25.5. The Morgan fingerprint density at radius 2 is 1.19 bits per heavy atom. The highest BCUT2D eigenvalue weighted by molar-refractivity contribution is 7.98. The van der Waals surface area contributed by atoms with E-state index in [1.807, 2.05) is 0 Å². The molecule has 6 rings (SSSR count). The van der Waals surface area contributed by atoms with Crippen molar-refractivity contribution in [1.29, 1.82) is 5.26 Å². The predicted octanol–water partition coefficient (Wildman–Crippen LogP) is 4.35. The quantitative estimate of drug-likeness (QED) is 0.0904. The maximum absolute atomic E-state index is 13.8. The Labute approximate surface area is 306 Å². The van der Waals surface area contributed by atoms with Crippen molar-refractivity contribution < 1.29 is 22.7 Å². The number of benzene rings is 2. The monoisotopic (exact) mass is 767 g/mol. The highest BCUT2D eigenvalue weighted by atomic mass is 32.2. The molecule has 4 aromatic heterocycles. The predicted molar refractivity (Wildman–Crippen MR) is 192 cm³/mol. The molecule has 0 amide bonds. The van der Waals surface area contributed by atoms with Crippen LogP contribution in [-0.4, -0.2) is 78.8 Å². The standard InChI is InChI=1S/C17H14F2N6OS.C16H15F2N5O2S/c1-25(7-3-6-20)16-14-15(22-12(26)8-21-14)23-17(24-16)27-9-10-4-2-5-11(18)13(10)19;1-23(5-6-24)15-13-14(20-11(25)7-19-13)21-16(22-15)26-8-9-3-2-4-10(17)12(9)18/h2,4-5,8H,3,7,9H2,1H3,(H,22,23,24,26);2-4,7,24H,5-6,8H2,1H3,(H,20,21,22,25). The van der Waals surface area contributed by atoms with E-state index >= 15 is 0 Å². The summed E-state index contributed by atoms with van der Waals surface area (Å²) in [4.78, 5) is 57.1. The molecule has 0 saturated carbocycles. The van der Waals surface area contributed by atoms with Crippen LogP contribution in [0.4, 0.5) is 29.2 Å². The van der Waals surface area contributed by atoms with Crippen molar-refractivity contribution in [2.45, 2.75) is 28.2 Å². The Bertz CT molecular complexity index is 2410. The lowest BCUT2D eigenvalue weighted by Gasteiger charge is -2.18. The number of aliphatic hydroxyl groups excluding tert-OH is 1. The molecule has 53 heavy (non-hydrogen) atoms. The Morgan fingerprint density at radius 1 is 0.736 bits per heavy atom. The molecule has 0 atom stereocenters. The number of thioether (sulfide) groups is 2. The molecule has 0 fully saturated rings. The average molecular weight is 768 g/mol. The lowest BCUT2D eigenvalue weighted by atomic mass is 10.2. The Hall–Kier alpha value is -5.65. The van der Waals surface area contributed by atoms with Gasteiger partial charge in [-0.3, -0.25) is 9.59 Å². The number of aromatic nitrogens is 8. The zero-order chi connectivity index (χ0) is 38.1. The van der Waals surface area contributed by atoms with Crippen molar-refractivity contribution in [2.24, 2.45) is 0 Å². The van der Waals surface area contributed by atoms with Gasteiger partial charge >= 0.3 is 0 Å². The van der Waals surface area contributed by atoms with Gasteiger partial charge in [-0.2, -0.15) is 5.26 Å². The molecular weight excluding hydrogens is 739 g/mol. The molecule has 0 saturated heterocycles. The van der Waals surface area contributed by atoms with Gasteiger partial charge in [0.25, 0.3) is 11.1 Å². The number of nitrogens with zero attached hydrogens (tertiary/aromatic N) is 9. The first kappa shape index (κ1) is 38.6. The van der Waals surface area contributed by atoms with E-state index in [1.54, 1.807) is 23.9 Å². The summed E-state index contributed by atoms with van der Waals surface area (Å²) in [7, 11) is 3.46. The van der Waals surface area contributed by atoms with E-state index in [2.05, 4.69) is 45.9 Å². The van der Waals surface area contributed by atoms with E-state index in [-0.39, 0.29) is 57.3 Å². The van der Waals surface area contributed by atoms with E-state index in [0.29, 0.717) is 35.8 Å². The summed E-state index contributed by atoms with van der Waals surface area (Å²) in [5, 5.41) is 18.5. The highest BCUT2D eigenvalue weighted by Gasteiger charge is 2.17. The van der Waals surface area contributed by atoms with Gasteiger partial charge < -0.3 is 24.9 Å². The molecule has 14 nitrogen and oxygen atoms in total. The van der Waals surface area contributed by atoms with Gasteiger partial charge in [0.05, 0.1) is 31.5 Å². The van der Waals surface area contributed by atoms with Crippen LogP contribution in [0.25, 0.3) is 22.3 Å². The minimum atomic E-state index is -0.919. The maximum atomic E-state index is 13.8. The van der Waals surface area contributed by atoms with Crippen LogP contribution in [0.2, 0.25) is 0 Å². The second-order valence-corrected chi connectivity index (χ2v) is 12.9. The number of aliphatic hydroxyl groups is 1. The summed E-state index contributed by atoms with van der Waals surface area (Å²) in [6.07, 6.45) is 2.53. The lowest BCUT2D eigenvalue weighted by Crippen LogP contribution is -2.23. The fourth-order valence-corrected chi connectivity index (χ4v) is 6.28. The minimum Gasteiger partial charge on any atom is -0.395 e. The molecule has 0 aliphatic carbocycles. The van der Waals surface area contributed by atoms with Gasteiger partial charge in [0.1, 0.15) is 11.0 Å². The van der Waals surface area contributed by atoms with Gasteiger partial charge in [-0.25, -0.2) is 47.5 Å². The molecule has 0 aliphatic heterocycles. The van der Waals surface area contributed by atoms with Crippen LogP contribution in [-0.2, 0) is 11.5 Å². The summed E-state index contributed by atoms with van der Waals surface area (Å²) in [6.45, 7) is 0.615. The SMILES string of the molecule is CN(CCC#N)c1nc(SCc2cccc(F)c2F)nc2[nH]c(=O)cnc12.CN(CCO)c1nc(SCc2cccc(F)c2F)nc2[nH]c(=O)cnc12. The van der Waals surface area contributed by atoms with Crippen LogP contribution >= 0.6 is 23.5 Å². The molecule has 4 heterocycles. The number of likely N-dealkylation sites (N-methyl/N-ethyl adjacent to an activating group) is 1. The van der Waals surface area contributed by atoms with Crippen LogP contribution in [0.1, 0.15) is 17.5 Å². The van der Waals surface area contributed by atoms with E-state index in [4.69, 9.17) is 10.4 Å². The topological polar surface area (TPSA) is 194 Å². The number of rotatable bonds is 12. The normalized spacial score (nSPS) is 10.9. The third-order valence-electron chi connectivity index (χ3n) is 7.29. The Balaban J connectivity index is 0.000000204. The minimum absolute atomic E-state index is 0.0949. The third-order valence-corrected chi connectivity index (χ3v) is 9.08. The summed E-state index contributed by atoms with van der Waals surface area (Å²) < 4.78 is 54.3. The zero-order valence-electron chi connectivity index (χ0n) is 28.0. The number of fused-ring (bicyclic) bond motifs is 2. The van der Waals surface area contributed by atoms with E-state index < -0.39 is 34.4 Å². The largest absolute Gasteiger partial charge is 0.395 e. The number of hydrogen-bond donors (Lipinski definition) is 3. The summed E-state index contributed by atoms with van der Waals surface area (Å²) in [5.74, 6) is -2.57. The zero-order valence-corrected chi connectivity index (χ0v) is 29.6. The first-order valence-corrected chi connectivity index (χ1v) is 17.5. The van der Waals surface area contributed by atoms with Gasteiger partial charge in [-0.05, 0) is 12.1 Å². The molecule has 274 valence electrons. The summed E-state index contributed by atoms with van der Waals surface area (Å²) >= 11 is 2.20. The van der Waals surface area contributed by atoms with Gasteiger partial charge in [0.15, 0.2) is 56.5 Å². The molecule has 20 heteroatoms. The number of anilines is 2. The summed E-state index contributed by atoms with van der Waals surface area (Å²) in [6, 6.07) is 9.97. The van der Waals surface area contributed by atoms with Gasteiger partial charge in [0.2, 0.25) is 0 Å². The fraction of sp³-hybridized carbons (Fsp3) is 0.242. The van der Waals surface area contributed by atoms with Crippen LogP contribution in [0.15, 0.2) is 68.7 Å². The number of H-pyrrole nitrogens is 2. The van der Waals surface area contributed by atoms with Crippen LogP contribution in [0, 0.1) is 34.6 Å². The molecule has 0 bridgehead atoms. The molecule has 0 spiro atoms. The van der Waals surface area contributed by atoms with E-state index in [1.165, 1.54) is 24.3 Å². The second kappa shape index (κ2) is 17.7. The van der Waals surface area contributed by atoms with Crippen LogP contribution in [0.3, 0.4) is 0 Å². The molecule has 6 aromatic rings. The van der Waals surface area contributed by atoms with Crippen molar-refractivity contribution in [3.63, 3.8) is 0 Å². The number of nitriles is 1. The molecule has 3 N–H and O–H groups in total. The highest BCUT2D eigenvalue weighted by Crippen LogP contribution is 2.28. The third kappa shape index (κ3) is 9.62. The number of nitrogens with one attached hydrogen (secondary N) is 2. The molecule has 0 aliphatic rings. The van der Waals surface area contributed by atoms with Crippen molar-refractivity contribution in [3.8, 4) is 6.07 Å². The smallest absolute Gasteiger partial charge is 0.268 e. The Morgan fingerprint density at radius 3 is 1.62 bits per heavy atom. The molecule has 2 aromatic carbocycles. The van der Waals surface area contributed by atoms with E-state index in [0.717, 1.165) is 48.1 Å². The molecule has 0 radical (unpaired) electrons. The van der Waals surface area contributed by atoms with Gasteiger partial charge in [-0.15, -0.1) is 0 Å². The number of halogens is 4. The van der Waals surface area contributed by atoms with Crippen molar-refractivity contribution in [2.75, 3.05) is 43.6 Å². The first-order valence-electron chi connectivity index (χ1n) is 15.5. The summed E-state index contributed by atoms with van der Waals surface area (Å²) in [5.41, 5.74) is 0.760. The molecule has 0 unspecified atom stereocenters. The van der Waals surface area contributed by atoms with Crippen molar-refractivity contribution >= 4 is 57.5 Å². The number of hydrogen-bond acceptors (Lipinski definition) is 14. The Kier molecular flexibility index (Phi) is 12.9. The molecular formula is C33H29F4N11O3S2. The van der Waals surface area contributed by atoms with Crippen LogP contribution in [0.5, 0.6) is 0 Å². The lowest BCUT2D eigenvalue weighted by molar-refractivity contribution is 0.304. The van der Waals surface area contributed by atoms with E-state index in [9.17, 15) is 27.2 Å². The van der Waals surface area contributed by atoms with Gasteiger partial charge in [-0.1, -0.05) is 47.8 Å². The average Bonchev–Trinajstić information content (AvgIpc) is 3.14. The van der Waals surface area contributed by atoms with Crippen LogP contribution < -0.4 is 20.9 Å². The number of aromatic amines is 2. The van der Waals surface area contributed by atoms with Crippen molar-refractivity contribution in [3.05, 3.63) is 104 Å².